The molecule has 28 heavy (non-hydrogen) atoms. The molecule has 2 saturated heterocycles. The maximum Gasteiger partial charge on any atom is 0.245 e. The van der Waals surface area contributed by atoms with E-state index in [2.05, 4.69) is 20.6 Å². The van der Waals surface area contributed by atoms with E-state index in [1.54, 1.807) is 18.3 Å². The van der Waals surface area contributed by atoms with Crippen LogP contribution in [0.25, 0.3) is 11.0 Å². The van der Waals surface area contributed by atoms with Gasteiger partial charge in [0, 0.05) is 37.4 Å². The molecule has 3 N–H and O–H groups in total. The van der Waals surface area contributed by atoms with Gasteiger partial charge in [-0.2, -0.15) is 4.31 Å². The summed E-state index contributed by atoms with van der Waals surface area (Å²) in [6.45, 7) is 2.32. The number of carbonyl (C=O) groups is 1. The van der Waals surface area contributed by atoms with E-state index < -0.39 is 10.0 Å². The Bertz CT molecular complexity index is 926. The van der Waals surface area contributed by atoms with Crippen molar-refractivity contribution in [3.05, 3.63) is 24.5 Å². The SMILES string of the molecule is Cl.O=C(NCC1CCCN(S(=O)(=O)c2c[nH]c3ncccc23)C1)C1CCCN1. The number of H-pyrrole nitrogens is 1. The number of nitrogens with zero attached hydrogens (tertiary/aromatic N) is 2. The molecule has 4 heterocycles. The first kappa shape index (κ1) is 21.0. The van der Waals surface area contributed by atoms with Crippen LogP contribution in [0.3, 0.4) is 0 Å². The number of piperidine rings is 1. The zero-order valence-electron chi connectivity index (χ0n) is 15.6. The minimum absolute atomic E-state index is 0. The summed E-state index contributed by atoms with van der Waals surface area (Å²) in [7, 11) is -3.60. The number of aromatic amines is 1. The molecule has 2 fully saturated rings. The van der Waals surface area contributed by atoms with Gasteiger partial charge in [-0.05, 0) is 50.3 Å². The zero-order valence-corrected chi connectivity index (χ0v) is 17.2. The lowest BCUT2D eigenvalue weighted by molar-refractivity contribution is -0.123. The topological polar surface area (TPSA) is 107 Å². The number of amides is 1. The van der Waals surface area contributed by atoms with Gasteiger partial charge in [-0.25, -0.2) is 13.4 Å². The van der Waals surface area contributed by atoms with Crippen LogP contribution in [0.4, 0.5) is 0 Å². The highest BCUT2D eigenvalue weighted by molar-refractivity contribution is 7.89. The Balaban J connectivity index is 0.00000225. The second-order valence-corrected chi connectivity index (χ2v) is 9.22. The van der Waals surface area contributed by atoms with E-state index in [1.165, 1.54) is 10.5 Å². The molecular weight excluding hydrogens is 402 g/mol. The van der Waals surface area contributed by atoms with Crippen LogP contribution in [-0.4, -0.2) is 60.8 Å². The second kappa shape index (κ2) is 8.77. The lowest BCUT2D eigenvalue weighted by Gasteiger charge is -2.32. The Morgan fingerprint density at radius 1 is 1.32 bits per heavy atom. The van der Waals surface area contributed by atoms with Gasteiger partial charge in [-0.15, -0.1) is 12.4 Å². The molecule has 2 atom stereocenters. The van der Waals surface area contributed by atoms with E-state index in [-0.39, 0.29) is 35.2 Å². The highest BCUT2D eigenvalue weighted by Gasteiger charge is 2.32. The average Bonchev–Trinajstić information content (AvgIpc) is 3.36. The summed E-state index contributed by atoms with van der Waals surface area (Å²) in [6, 6.07) is 3.40. The summed E-state index contributed by atoms with van der Waals surface area (Å²) in [6.07, 6.45) is 6.75. The van der Waals surface area contributed by atoms with Crippen LogP contribution in [0.1, 0.15) is 25.7 Å². The zero-order chi connectivity index (χ0) is 18.9. The van der Waals surface area contributed by atoms with Crippen LogP contribution in [0.5, 0.6) is 0 Å². The highest BCUT2D eigenvalue weighted by atomic mass is 35.5. The fraction of sp³-hybridized carbons (Fsp3) is 0.556. The molecule has 154 valence electrons. The molecule has 0 aromatic carbocycles. The van der Waals surface area contributed by atoms with Crippen molar-refractivity contribution in [1.29, 1.82) is 0 Å². The number of sulfonamides is 1. The van der Waals surface area contributed by atoms with Crippen LogP contribution in [-0.2, 0) is 14.8 Å². The van der Waals surface area contributed by atoms with Crippen molar-refractivity contribution < 1.29 is 13.2 Å². The van der Waals surface area contributed by atoms with E-state index >= 15 is 0 Å². The van der Waals surface area contributed by atoms with Crippen molar-refractivity contribution in [2.45, 2.75) is 36.6 Å². The minimum atomic E-state index is -3.60. The molecule has 2 aromatic rings. The van der Waals surface area contributed by atoms with Gasteiger partial charge in [-0.3, -0.25) is 4.79 Å². The molecule has 2 aliphatic rings. The average molecular weight is 428 g/mol. The summed E-state index contributed by atoms with van der Waals surface area (Å²) in [4.78, 5) is 19.6. The molecule has 4 rings (SSSR count). The van der Waals surface area contributed by atoms with Crippen molar-refractivity contribution in [3.8, 4) is 0 Å². The third-order valence-corrected chi connectivity index (χ3v) is 7.36. The number of fused-ring (bicyclic) bond motifs is 1. The van der Waals surface area contributed by atoms with Crippen molar-refractivity contribution in [2.75, 3.05) is 26.2 Å². The summed E-state index contributed by atoms with van der Waals surface area (Å²) in [5.74, 6) is 0.150. The first-order chi connectivity index (χ1) is 13.1. The van der Waals surface area contributed by atoms with Crippen LogP contribution >= 0.6 is 12.4 Å². The van der Waals surface area contributed by atoms with Crippen LogP contribution < -0.4 is 10.6 Å². The van der Waals surface area contributed by atoms with E-state index in [0.29, 0.717) is 30.7 Å². The monoisotopic (exact) mass is 427 g/mol. The van der Waals surface area contributed by atoms with Gasteiger partial charge in [-0.1, -0.05) is 0 Å². The van der Waals surface area contributed by atoms with Crippen LogP contribution in [0.2, 0.25) is 0 Å². The molecule has 10 heteroatoms. The molecule has 2 aromatic heterocycles. The standard InChI is InChI=1S/C18H25N5O3S.ClH/c24-18(15-6-2-7-19-15)22-10-13-4-3-9-23(12-13)27(25,26)16-11-21-17-14(16)5-1-8-20-17;/h1,5,8,11,13,15,19H,2-4,6-7,9-10,12H2,(H,20,21)(H,22,24);1H. The van der Waals surface area contributed by atoms with Crippen molar-refractivity contribution in [3.63, 3.8) is 0 Å². The van der Waals surface area contributed by atoms with Gasteiger partial charge in [0.1, 0.15) is 10.5 Å². The summed E-state index contributed by atoms with van der Waals surface area (Å²) in [5.41, 5.74) is 0.570. The van der Waals surface area contributed by atoms with Gasteiger partial charge in [0.05, 0.1) is 6.04 Å². The van der Waals surface area contributed by atoms with E-state index in [1.807, 2.05) is 0 Å². The van der Waals surface area contributed by atoms with Crippen molar-refractivity contribution >= 4 is 39.4 Å². The van der Waals surface area contributed by atoms with Crippen LogP contribution in [0.15, 0.2) is 29.4 Å². The smallest absolute Gasteiger partial charge is 0.245 e. The fourth-order valence-electron chi connectivity index (χ4n) is 3.97. The fourth-order valence-corrected chi connectivity index (χ4v) is 5.68. The minimum Gasteiger partial charge on any atom is -0.354 e. The number of nitrogens with one attached hydrogen (secondary N) is 3. The Hall–Kier alpha value is -1.68. The van der Waals surface area contributed by atoms with E-state index in [0.717, 1.165) is 32.2 Å². The summed E-state index contributed by atoms with van der Waals surface area (Å²) < 4.78 is 27.8. The van der Waals surface area contributed by atoms with Crippen molar-refractivity contribution in [2.24, 2.45) is 5.92 Å². The summed E-state index contributed by atoms with van der Waals surface area (Å²) in [5, 5.41) is 6.79. The van der Waals surface area contributed by atoms with Gasteiger partial charge in [0.15, 0.2) is 0 Å². The lowest BCUT2D eigenvalue weighted by atomic mass is 9.99. The Morgan fingerprint density at radius 2 is 2.18 bits per heavy atom. The lowest BCUT2D eigenvalue weighted by Crippen LogP contribution is -2.46. The number of pyridine rings is 1. The number of halogens is 1. The molecular formula is C18H26ClN5O3S. The molecule has 0 saturated carbocycles. The third kappa shape index (κ3) is 4.17. The van der Waals surface area contributed by atoms with Gasteiger partial charge < -0.3 is 15.6 Å². The number of hydrogen-bond acceptors (Lipinski definition) is 5. The number of aromatic nitrogens is 2. The molecule has 0 aliphatic carbocycles. The number of hydrogen-bond donors (Lipinski definition) is 3. The van der Waals surface area contributed by atoms with Gasteiger partial charge >= 0.3 is 0 Å². The summed E-state index contributed by atoms with van der Waals surface area (Å²) >= 11 is 0. The maximum absolute atomic E-state index is 13.1. The molecule has 8 nitrogen and oxygen atoms in total. The van der Waals surface area contributed by atoms with Gasteiger partial charge in [0.25, 0.3) is 0 Å². The van der Waals surface area contributed by atoms with Crippen LogP contribution in [0, 0.1) is 5.92 Å². The number of rotatable bonds is 5. The van der Waals surface area contributed by atoms with Crippen molar-refractivity contribution in [1.82, 2.24) is 24.9 Å². The molecule has 1 amide bonds. The molecule has 0 spiro atoms. The Morgan fingerprint density at radius 3 is 2.96 bits per heavy atom. The van der Waals surface area contributed by atoms with E-state index in [4.69, 9.17) is 0 Å². The number of carbonyl (C=O) groups excluding carboxylic acids is 1. The molecule has 0 radical (unpaired) electrons. The molecule has 2 unspecified atom stereocenters. The Kier molecular flexibility index (Phi) is 6.59. The van der Waals surface area contributed by atoms with Gasteiger partial charge in [0.2, 0.25) is 15.9 Å². The predicted molar refractivity (Wildman–Crippen MR) is 109 cm³/mol. The predicted octanol–water partition coefficient (Wildman–Crippen LogP) is 1.25. The maximum atomic E-state index is 13.1. The first-order valence-corrected chi connectivity index (χ1v) is 10.9. The molecule has 2 aliphatic heterocycles. The normalized spacial score (nSPS) is 23.4. The highest BCUT2D eigenvalue weighted by Crippen LogP contribution is 2.28. The molecule has 0 bridgehead atoms. The Labute approximate surface area is 170 Å². The second-order valence-electron chi connectivity index (χ2n) is 7.32. The quantitative estimate of drug-likeness (QED) is 0.665. The van der Waals surface area contributed by atoms with E-state index in [9.17, 15) is 13.2 Å². The first-order valence-electron chi connectivity index (χ1n) is 9.49. The largest absolute Gasteiger partial charge is 0.354 e. The third-order valence-electron chi connectivity index (χ3n) is 5.45.